The van der Waals surface area contributed by atoms with Gasteiger partial charge in [-0.1, -0.05) is 48.6 Å². The molecule has 2 aromatic rings. The van der Waals surface area contributed by atoms with Gasteiger partial charge in [0.2, 0.25) is 0 Å². The standard InChI is InChI=1S/C13H10O3S.Na/c14-17(15,16)12-8-7-10-4-1-3-9-5-2-6-11(12)13(9)10;/h1-8,12H,(H,14,15,16);/q;+1/p-1. The van der Waals surface area contributed by atoms with Crippen LogP contribution in [0.5, 0.6) is 0 Å². The molecule has 0 bridgehead atoms. The van der Waals surface area contributed by atoms with E-state index in [1.807, 2.05) is 24.3 Å². The van der Waals surface area contributed by atoms with E-state index in [-0.39, 0.29) is 29.6 Å². The predicted octanol–water partition coefficient (Wildman–Crippen LogP) is -0.543. The van der Waals surface area contributed by atoms with Crippen LogP contribution in [0.15, 0.2) is 42.5 Å². The van der Waals surface area contributed by atoms with Crippen molar-refractivity contribution in [1.29, 1.82) is 0 Å². The second-order valence-corrected chi connectivity index (χ2v) is 5.56. The molecule has 0 aromatic heterocycles. The molecule has 5 heteroatoms. The Morgan fingerprint density at radius 2 is 1.72 bits per heavy atom. The first-order valence-electron chi connectivity index (χ1n) is 5.22. The summed E-state index contributed by atoms with van der Waals surface area (Å²) < 4.78 is 33.7. The molecule has 2 aromatic carbocycles. The van der Waals surface area contributed by atoms with Gasteiger partial charge >= 0.3 is 29.6 Å². The molecule has 0 fully saturated rings. The van der Waals surface area contributed by atoms with Gasteiger partial charge in [0.05, 0.1) is 5.25 Å². The number of hydrogen-bond acceptors (Lipinski definition) is 3. The Bertz CT molecular complexity index is 730. The summed E-state index contributed by atoms with van der Waals surface area (Å²) in [6, 6.07) is 11.1. The average molecular weight is 268 g/mol. The van der Waals surface area contributed by atoms with Crippen molar-refractivity contribution in [1.82, 2.24) is 0 Å². The van der Waals surface area contributed by atoms with Crippen LogP contribution in [0.25, 0.3) is 16.8 Å². The van der Waals surface area contributed by atoms with E-state index in [4.69, 9.17) is 0 Å². The topological polar surface area (TPSA) is 57.2 Å². The van der Waals surface area contributed by atoms with Gasteiger partial charge in [-0.05, 0) is 21.9 Å². The minimum Gasteiger partial charge on any atom is -0.747 e. The zero-order chi connectivity index (χ0) is 12.0. The fourth-order valence-electron chi connectivity index (χ4n) is 2.32. The van der Waals surface area contributed by atoms with Crippen molar-refractivity contribution < 1.29 is 42.5 Å². The first kappa shape index (κ1) is 13.8. The van der Waals surface area contributed by atoms with E-state index in [1.165, 1.54) is 6.08 Å². The van der Waals surface area contributed by atoms with Crippen molar-refractivity contribution in [3.8, 4) is 0 Å². The minimum absolute atomic E-state index is 0. The Labute approximate surface area is 128 Å². The molecule has 1 aliphatic rings. The Balaban J connectivity index is 0.00000120. The summed E-state index contributed by atoms with van der Waals surface area (Å²) in [6.45, 7) is 0. The molecular formula is C13H9NaO3S. The van der Waals surface area contributed by atoms with Crippen molar-refractivity contribution in [3.63, 3.8) is 0 Å². The summed E-state index contributed by atoms with van der Waals surface area (Å²) >= 11 is 0. The third kappa shape index (κ3) is 2.15. The summed E-state index contributed by atoms with van der Waals surface area (Å²) in [6.07, 6.45) is 3.16. The van der Waals surface area contributed by atoms with Gasteiger partial charge in [0, 0.05) is 0 Å². The van der Waals surface area contributed by atoms with Crippen LogP contribution in [0.2, 0.25) is 0 Å². The number of rotatable bonds is 1. The predicted molar refractivity (Wildman–Crippen MR) is 65.4 cm³/mol. The molecule has 0 spiro atoms. The summed E-state index contributed by atoms with van der Waals surface area (Å²) in [4.78, 5) is 0. The maximum atomic E-state index is 11.2. The third-order valence-corrected chi connectivity index (χ3v) is 4.07. The van der Waals surface area contributed by atoms with Crippen LogP contribution < -0.4 is 29.6 Å². The van der Waals surface area contributed by atoms with Gasteiger partial charge in [0.1, 0.15) is 10.1 Å². The Kier molecular flexibility index (Phi) is 3.67. The molecule has 1 atom stereocenters. The molecule has 0 amide bonds. The summed E-state index contributed by atoms with van der Waals surface area (Å²) in [5.41, 5.74) is 1.54. The van der Waals surface area contributed by atoms with Gasteiger partial charge in [-0.15, -0.1) is 0 Å². The first-order valence-corrected chi connectivity index (χ1v) is 6.69. The molecule has 0 saturated carbocycles. The minimum atomic E-state index is -4.35. The van der Waals surface area contributed by atoms with Crippen molar-refractivity contribution in [2.24, 2.45) is 0 Å². The summed E-state index contributed by atoms with van der Waals surface area (Å²) in [5, 5.41) is 0.751. The molecule has 18 heavy (non-hydrogen) atoms. The molecule has 86 valence electrons. The third-order valence-electron chi connectivity index (χ3n) is 3.04. The van der Waals surface area contributed by atoms with E-state index in [1.54, 1.807) is 18.2 Å². The second-order valence-electron chi connectivity index (χ2n) is 4.07. The average Bonchev–Trinajstić information content (AvgIpc) is 2.28. The fraction of sp³-hybridized carbons (Fsp3) is 0.0769. The monoisotopic (exact) mass is 268 g/mol. The molecule has 0 saturated heterocycles. The zero-order valence-electron chi connectivity index (χ0n) is 9.83. The maximum absolute atomic E-state index is 11.2. The molecular weight excluding hydrogens is 259 g/mol. The molecule has 0 N–H and O–H groups in total. The maximum Gasteiger partial charge on any atom is 1.00 e. The molecule has 3 rings (SSSR count). The molecule has 1 unspecified atom stereocenters. The van der Waals surface area contributed by atoms with Crippen molar-refractivity contribution >= 4 is 27.0 Å². The SMILES string of the molecule is O=S(=O)([O-])C1C=Cc2cccc3cccc1c23.[Na+]. The van der Waals surface area contributed by atoms with Crippen molar-refractivity contribution in [3.05, 3.63) is 53.6 Å². The van der Waals surface area contributed by atoms with Crippen LogP contribution in [0.1, 0.15) is 16.4 Å². The number of hydrogen-bond donors (Lipinski definition) is 0. The van der Waals surface area contributed by atoms with Crippen LogP contribution in [-0.4, -0.2) is 13.0 Å². The van der Waals surface area contributed by atoms with Gasteiger partial charge in [0.15, 0.2) is 0 Å². The summed E-state index contributed by atoms with van der Waals surface area (Å²) in [5.74, 6) is 0. The van der Waals surface area contributed by atoms with Crippen LogP contribution in [-0.2, 0) is 10.1 Å². The van der Waals surface area contributed by atoms with Gasteiger partial charge in [0.25, 0.3) is 0 Å². The molecule has 0 heterocycles. The van der Waals surface area contributed by atoms with Gasteiger partial charge in [-0.2, -0.15) is 0 Å². The number of benzene rings is 2. The molecule has 0 aliphatic heterocycles. The fourth-order valence-corrected chi connectivity index (χ4v) is 3.10. The van der Waals surface area contributed by atoms with Gasteiger partial charge in [-0.3, -0.25) is 0 Å². The van der Waals surface area contributed by atoms with E-state index in [0.29, 0.717) is 5.56 Å². The van der Waals surface area contributed by atoms with Gasteiger partial charge in [-0.25, -0.2) is 8.42 Å². The molecule has 3 nitrogen and oxygen atoms in total. The van der Waals surface area contributed by atoms with Crippen molar-refractivity contribution in [2.75, 3.05) is 0 Å². The zero-order valence-corrected chi connectivity index (χ0v) is 12.6. The normalized spacial score (nSPS) is 17.5. The Morgan fingerprint density at radius 1 is 1.06 bits per heavy atom. The Hall–Kier alpha value is -0.650. The summed E-state index contributed by atoms with van der Waals surface area (Å²) in [7, 11) is -4.35. The molecule has 0 radical (unpaired) electrons. The first-order chi connectivity index (χ1) is 8.07. The van der Waals surface area contributed by atoms with Crippen LogP contribution in [0.3, 0.4) is 0 Å². The van der Waals surface area contributed by atoms with Gasteiger partial charge < -0.3 is 4.55 Å². The van der Waals surface area contributed by atoms with E-state index in [9.17, 15) is 13.0 Å². The van der Waals surface area contributed by atoms with Crippen LogP contribution in [0.4, 0.5) is 0 Å². The van der Waals surface area contributed by atoms with Crippen molar-refractivity contribution in [2.45, 2.75) is 5.25 Å². The largest absolute Gasteiger partial charge is 1.00 e. The van der Waals surface area contributed by atoms with E-state index >= 15 is 0 Å². The quantitative estimate of drug-likeness (QED) is 0.515. The smallest absolute Gasteiger partial charge is 0.747 e. The van der Waals surface area contributed by atoms with E-state index < -0.39 is 15.4 Å². The van der Waals surface area contributed by atoms with E-state index in [2.05, 4.69) is 0 Å². The van der Waals surface area contributed by atoms with Crippen LogP contribution >= 0.6 is 0 Å². The second kappa shape index (κ2) is 4.79. The molecule has 1 aliphatic carbocycles. The van der Waals surface area contributed by atoms with Crippen LogP contribution in [0, 0.1) is 0 Å². The van der Waals surface area contributed by atoms with E-state index in [0.717, 1.165) is 16.3 Å². The Morgan fingerprint density at radius 3 is 2.39 bits per heavy atom.